The smallest absolute Gasteiger partial charge is 0.328 e. The van der Waals surface area contributed by atoms with Gasteiger partial charge in [-0.15, -0.1) is 0 Å². The van der Waals surface area contributed by atoms with E-state index in [0.29, 0.717) is 11.8 Å². The van der Waals surface area contributed by atoms with Crippen LogP contribution in [0.25, 0.3) is 0 Å². The van der Waals surface area contributed by atoms with Crippen molar-refractivity contribution in [2.75, 3.05) is 7.11 Å². The van der Waals surface area contributed by atoms with Gasteiger partial charge in [-0.25, -0.2) is 4.79 Å². The van der Waals surface area contributed by atoms with Crippen molar-refractivity contribution in [2.45, 2.75) is 39.2 Å². The highest BCUT2D eigenvalue weighted by molar-refractivity contribution is 5.88. The van der Waals surface area contributed by atoms with Gasteiger partial charge in [0.1, 0.15) is 6.04 Å². The van der Waals surface area contributed by atoms with Gasteiger partial charge in [-0.05, 0) is 30.6 Å². The summed E-state index contributed by atoms with van der Waals surface area (Å²) >= 11 is 0. The molecule has 4 heteroatoms. The Morgan fingerprint density at radius 2 is 1.82 bits per heavy atom. The third-order valence-corrected chi connectivity index (χ3v) is 4.13. The first-order chi connectivity index (χ1) is 8.06. The number of rotatable bonds is 4. The van der Waals surface area contributed by atoms with Crippen LogP contribution in [0.1, 0.15) is 33.1 Å². The largest absolute Gasteiger partial charge is 0.467 e. The summed E-state index contributed by atoms with van der Waals surface area (Å²) in [5.41, 5.74) is 0. The highest BCUT2D eigenvalue weighted by Gasteiger charge is 2.56. The first-order valence-corrected chi connectivity index (χ1v) is 6.44. The van der Waals surface area contributed by atoms with E-state index in [2.05, 4.69) is 5.32 Å². The van der Waals surface area contributed by atoms with Crippen LogP contribution in [0.5, 0.6) is 0 Å². The molecule has 2 aliphatic carbocycles. The van der Waals surface area contributed by atoms with Gasteiger partial charge >= 0.3 is 5.97 Å². The number of carbonyl (C=O) groups is 2. The Bertz CT molecular complexity index is 317. The van der Waals surface area contributed by atoms with E-state index in [1.807, 2.05) is 13.8 Å². The van der Waals surface area contributed by atoms with E-state index in [1.165, 1.54) is 26.4 Å². The second kappa shape index (κ2) is 4.67. The van der Waals surface area contributed by atoms with Crippen molar-refractivity contribution >= 4 is 11.9 Å². The third-order valence-electron chi connectivity index (χ3n) is 4.13. The van der Waals surface area contributed by atoms with Gasteiger partial charge in [0.2, 0.25) is 5.91 Å². The normalized spacial score (nSPS) is 31.9. The number of ether oxygens (including phenoxy) is 1. The molecule has 0 saturated heterocycles. The van der Waals surface area contributed by atoms with Crippen LogP contribution < -0.4 is 5.32 Å². The van der Waals surface area contributed by atoms with Crippen LogP contribution in [-0.4, -0.2) is 25.0 Å². The highest BCUT2D eigenvalue weighted by Crippen LogP contribution is 2.57. The summed E-state index contributed by atoms with van der Waals surface area (Å²) in [6.45, 7) is 3.82. The van der Waals surface area contributed by atoms with Crippen LogP contribution in [0.2, 0.25) is 0 Å². The zero-order valence-electron chi connectivity index (χ0n) is 10.7. The van der Waals surface area contributed by atoms with Crippen LogP contribution in [0, 0.1) is 23.7 Å². The Morgan fingerprint density at radius 3 is 2.29 bits per heavy atom. The molecule has 2 aliphatic rings. The zero-order valence-corrected chi connectivity index (χ0v) is 10.7. The Morgan fingerprint density at radius 1 is 1.24 bits per heavy atom. The number of hydrogen-bond acceptors (Lipinski definition) is 3. The Labute approximate surface area is 102 Å². The summed E-state index contributed by atoms with van der Waals surface area (Å²) in [7, 11) is 1.36. The second-order valence-corrected chi connectivity index (χ2v) is 5.54. The molecule has 96 valence electrons. The molecule has 3 unspecified atom stereocenters. The van der Waals surface area contributed by atoms with Crippen molar-refractivity contribution in [2.24, 2.45) is 23.7 Å². The monoisotopic (exact) mass is 239 g/mol. The van der Waals surface area contributed by atoms with Gasteiger partial charge in [-0.2, -0.15) is 0 Å². The molecule has 2 saturated carbocycles. The van der Waals surface area contributed by atoms with Crippen LogP contribution in [0.15, 0.2) is 0 Å². The molecule has 0 aromatic rings. The third kappa shape index (κ3) is 2.31. The van der Waals surface area contributed by atoms with E-state index in [1.54, 1.807) is 0 Å². The standard InChI is InChI=1S/C13H21NO3/c1-7(2)11(13(16)17-3)14-12(15)10-8-5-4-6-9(8)10/h7-11H,4-6H2,1-3H3,(H,14,15). The molecule has 2 fully saturated rings. The lowest BCUT2D eigenvalue weighted by molar-refractivity contribution is -0.146. The molecule has 0 aromatic heterocycles. The molecule has 0 radical (unpaired) electrons. The Hall–Kier alpha value is -1.06. The maximum Gasteiger partial charge on any atom is 0.328 e. The topological polar surface area (TPSA) is 55.4 Å². The van der Waals surface area contributed by atoms with Crippen LogP contribution >= 0.6 is 0 Å². The molecule has 0 spiro atoms. The predicted octanol–water partition coefficient (Wildman–Crippen LogP) is 1.35. The minimum absolute atomic E-state index is 0.0452. The van der Waals surface area contributed by atoms with Gasteiger partial charge in [0.05, 0.1) is 7.11 Å². The molecule has 0 heterocycles. The summed E-state index contributed by atoms with van der Waals surface area (Å²) in [6.07, 6.45) is 3.60. The van der Waals surface area contributed by atoms with E-state index < -0.39 is 6.04 Å². The maximum absolute atomic E-state index is 12.0. The lowest BCUT2D eigenvalue weighted by Crippen LogP contribution is -2.46. The Kier molecular flexibility index (Phi) is 3.40. The molecular weight excluding hydrogens is 218 g/mol. The average Bonchev–Trinajstić information content (AvgIpc) is 2.78. The van der Waals surface area contributed by atoms with E-state index in [9.17, 15) is 9.59 Å². The number of nitrogens with one attached hydrogen (secondary N) is 1. The summed E-state index contributed by atoms with van der Waals surface area (Å²) in [5, 5.41) is 2.84. The molecular formula is C13H21NO3. The number of amides is 1. The van der Waals surface area contributed by atoms with Gasteiger partial charge in [-0.1, -0.05) is 20.3 Å². The summed E-state index contributed by atoms with van der Waals surface area (Å²) in [4.78, 5) is 23.6. The lowest BCUT2D eigenvalue weighted by Gasteiger charge is -2.20. The summed E-state index contributed by atoms with van der Waals surface area (Å²) in [5.74, 6) is 1.09. The fraction of sp³-hybridized carbons (Fsp3) is 0.846. The Balaban J connectivity index is 1.90. The van der Waals surface area contributed by atoms with Gasteiger partial charge in [-0.3, -0.25) is 4.79 Å². The summed E-state index contributed by atoms with van der Waals surface area (Å²) < 4.78 is 4.72. The zero-order chi connectivity index (χ0) is 12.6. The van der Waals surface area contributed by atoms with Gasteiger partial charge in [0.15, 0.2) is 0 Å². The quantitative estimate of drug-likeness (QED) is 0.753. The summed E-state index contributed by atoms with van der Waals surface area (Å²) in [6, 6.07) is -0.506. The molecule has 1 amide bonds. The van der Waals surface area contributed by atoms with Gasteiger partial charge < -0.3 is 10.1 Å². The molecule has 1 N–H and O–H groups in total. The first-order valence-electron chi connectivity index (χ1n) is 6.44. The number of esters is 1. The van der Waals surface area contributed by atoms with E-state index >= 15 is 0 Å². The predicted molar refractivity (Wildman–Crippen MR) is 63.1 cm³/mol. The molecule has 17 heavy (non-hydrogen) atoms. The van der Waals surface area contributed by atoms with E-state index in [4.69, 9.17) is 4.74 Å². The minimum atomic E-state index is -0.506. The molecule has 0 aliphatic heterocycles. The van der Waals surface area contributed by atoms with Crippen molar-refractivity contribution in [3.8, 4) is 0 Å². The number of hydrogen-bond donors (Lipinski definition) is 1. The first kappa shape index (κ1) is 12.4. The minimum Gasteiger partial charge on any atom is -0.467 e. The SMILES string of the molecule is COC(=O)C(NC(=O)C1C2CCCC21)C(C)C. The van der Waals surface area contributed by atoms with E-state index in [0.717, 1.165) is 0 Å². The number of fused-ring (bicyclic) bond motifs is 1. The van der Waals surface area contributed by atoms with E-state index in [-0.39, 0.29) is 23.7 Å². The fourth-order valence-corrected chi connectivity index (χ4v) is 3.08. The fourth-order valence-electron chi connectivity index (χ4n) is 3.08. The van der Waals surface area contributed by atoms with Crippen LogP contribution in [-0.2, 0) is 14.3 Å². The molecule has 0 bridgehead atoms. The van der Waals surface area contributed by atoms with Crippen molar-refractivity contribution in [3.05, 3.63) is 0 Å². The number of carbonyl (C=O) groups excluding carboxylic acids is 2. The van der Waals surface area contributed by atoms with Crippen LogP contribution in [0.4, 0.5) is 0 Å². The molecule has 4 nitrogen and oxygen atoms in total. The lowest BCUT2D eigenvalue weighted by atomic mass is 10.0. The van der Waals surface area contributed by atoms with Crippen molar-refractivity contribution in [1.29, 1.82) is 0 Å². The number of methoxy groups -OCH3 is 1. The van der Waals surface area contributed by atoms with Gasteiger partial charge in [0.25, 0.3) is 0 Å². The van der Waals surface area contributed by atoms with Gasteiger partial charge in [0, 0.05) is 5.92 Å². The van der Waals surface area contributed by atoms with Crippen LogP contribution in [0.3, 0.4) is 0 Å². The average molecular weight is 239 g/mol. The second-order valence-electron chi connectivity index (χ2n) is 5.54. The maximum atomic E-state index is 12.0. The molecule has 2 rings (SSSR count). The highest BCUT2D eigenvalue weighted by atomic mass is 16.5. The molecule has 3 atom stereocenters. The van der Waals surface area contributed by atoms with Crippen molar-refractivity contribution in [1.82, 2.24) is 5.32 Å². The van der Waals surface area contributed by atoms with Crippen molar-refractivity contribution in [3.63, 3.8) is 0 Å². The molecule has 0 aromatic carbocycles. The van der Waals surface area contributed by atoms with Crippen molar-refractivity contribution < 1.29 is 14.3 Å².